The van der Waals surface area contributed by atoms with Crippen molar-refractivity contribution < 1.29 is 14.3 Å². The Hall–Kier alpha value is -2.92. The summed E-state index contributed by atoms with van der Waals surface area (Å²) in [5, 5.41) is 3.24. The quantitative estimate of drug-likeness (QED) is 0.549. The first-order valence-electron chi connectivity index (χ1n) is 12.5. The Labute approximate surface area is 203 Å². The van der Waals surface area contributed by atoms with Gasteiger partial charge in [0.15, 0.2) is 0 Å². The van der Waals surface area contributed by atoms with Crippen molar-refractivity contribution in [1.29, 1.82) is 0 Å². The zero-order chi connectivity index (χ0) is 23.8. The molecule has 1 N–H and O–H groups in total. The molecule has 0 atom stereocenters. The van der Waals surface area contributed by atoms with Crippen LogP contribution >= 0.6 is 0 Å². The first kappa shape index (κ1) is 24.2. The third-order valence-corrected chi connectivity index (χ3v) is 7.20. The summed E-state index contributed by atoms with van der Waals surface area (Å²) in [5.41, 5.74) is 4.55. The number of esters is 1. The van der Waals surface area contributed by atoms with Crippen molar-refractivity contribution in [3.05, 3.63) is 77.4 Å². The van der Waals surface area contributed by atoms with Crippen LogP contribution in [-0.2, 0) is 16.1 Å². The largest absolute Gasteiger partial charge is 0.469 e. The highest BCUT2D eigenvalue weighted by Crippen LogP contribution is 2.28. The molecule has 0 bridgehead atoms. The molecule has 180 valence electrons. The Morgan fingerprint density at radius 2 is 1.82 bits per heavy atom. The molecular formula is C29H36N2O3. The molecule has 34 heavy (non-hydrogen) atoms. The van der Waals surface area contributed by atoms with Crippen LogP contribution in [0.4, 0.5) is 0 Å². The molecule has 2 aromatic carbocycles. The average Bonchev–Trinajstić information content (AvgIpc) is 2.89. The number of carbonyl (C=O) groups excluding carboxylic acids is 2. The summed E-state index contributed by atoms with van der Waals surface area (Å²) in [6.07, 6.45) is 8.71. The Morgan fingerprint density at radius 3 is 2.53 bits per heavy atom. The van der Waals surface area contributed by atoms with Crippen LogP contribution in [0.15, 0.2) is 60.7 Å². The van der Waals surface area contributed by atoms with Gasteiger partial charge in [-0.1, -0.05) is 48.5 Å². The van der Waals surface area contributed by atoms with Crippen molar-refractivity contribution in [2.45, 2.75) is 57.5 Å². The Bertz CT molecular complexity index is 993. The van der Waals surface area contributed by atoms with Crippen LogP contribution in [0.3, 0.4) is 0 Å². The second-order valence-electron chi connectivity index (χ2n) is 9.59. The average molecular weight is 461 g/mol. The SMILES string of the molecule is COC(=O)CCC1CCC(NC(=O)c2cccc(C3=CCN(Cc4ccccc4)CC3)c2)CC1. The topological polar surface area (TPSA) is 58.6 Å². The van der Waals surface area contributed by atoms with Crippen LogP contribution in [-0.4, -0.2) is 43.0 Å². The Morgan fingerprint density at radius 1 is 1.03 bits per heavy atom. The summed E-state index contributed by atoms with van der Waals surface area (Å²) in [5.74, 6) is 0.435. The van der Waals surface area contributed by atoms with Gasteiger partial charge in [0, 0.05) is 37.7 Å². The molecule has 1 aliphatic heterocycles. The van der Waals surface area contributed by atoms with Crippen molar-refractivity contribution >= 4 is 17.4 Å². The molecule has 2 aromatic rings. The zero-order valence-corrected chi connectivity index (χ0v) is 20.2. The standard InChI is InChI=1S/C29H36N2O3/c1-34-28(32)15-12-22-10-13-27(14-11-22)30-29(33)26-9-5-8-25(20-26)24-16-18-31(19-17-24)21-23-6-3-2-4-7-23/h2-9,16,20,22,27H,10-15,17-19,21H2,1H3,(H,30,33). The van der Waals surface area contributed by atoms with Crippen molar-refractivity contribution in [3.8, 4) is 0 Å². The van der Waals surface area contributed by atoms with Gasteiger partial charge in [-0.25, -0.2) is 0 Å². The molecule has 2 aliphatic rings. The minimum Gasteiger partial charge on any atom is -0.469 e. The van der Waals surface area contributed by atoms with E-state index in [0.29, 0.717) is 12.3 Å². The maximum atomic E-state index is 12.9. The summed E-state index contributed by atoms with van der Waals surface area (Å²) < 4.78 is 4.74. The van der Waals surface area contributed by atoms with Gasteiger partial charge in [0.2, 0.25) is 0 Å². The van der Waals surface area contributed by atoms with Crippen LogP contribution in [0, 0.1) is 5.92 Å². The number of benzene rings is 2. The maximum Gasteiger partial charge on any atom is 0.305 e. The second-order valence-corrected chi connectivity index (χ2v) is 9.59. The summed E-state index contributed by atoms with van der Waals surface area (Å²) in [7, 11) is 1.44. The first-order valence-corrected chi connectivity index (χ1v) is 12.5. The van der Waals surface area contributed by atoms with Gasteiger partial charge in [-0.05, 0) is 73.3 Å². The molecule has 5 heteroatoms. The van der Waals surface area contributed by atoms with Gasteiger partial charge in [-0.2, -0.15) is 0 Å². The minimum atomic E-state index is -0.132. The van der Waals surface area contributed by atoms with Crippen LogP contribution < -0.4 is 5.32 Å². The summed E-state index contributed by atoms with van der Waals surface area (Å²) in [6.45, 7) is 2.92. The first-order chi connectivity index (χ1) is 16.6. The normalized spacial score (nSPS) is 20.9. The van der Waals surface area contributed by atoms with Gasteiger partial charge in [0.1, 0.15) is 0 Å². The molecule has 1 heterocycles. The lowest BCUT2D eigenvalue weighted by atomic mass is 9.83. The third kappa shape index (κ3) is 6.80. The van der Waals surface area contributed by atoms with E-state index in [2.05, 4.69) is 52.7 Å². The molecule has 0 radical (unpaired) electrons. The molecular weight excluding hydrogens is 424 g/mol. The molecule has 0 aromatic heterocycles. The molecule has 4 rings (SSSR count). The van der Waals surface area contributed by atoms with Gasteiger partial charge >= 0.3 is 5.97 Å². The molecule has 0 spiro atoms. The lowest BCUT2D eigenvalue weighted by Gasteiger charge is -2.29. The number of hydrogen-bond donors (Lipinski definition) is 1. The van der Waals surface area contributed by atoms with Crippen molar-refractivity contribution in [3.63, 3.8) is 0 Å². The van der Waals surface area contributed by atoms with Gasteiger partial charge < -0.3 is 10.1 Å². The maximum absolute atomic E-state index is 12.9. The van der Waals surface area contributed by atoms with Gasteiger partial charge in [0.05, 0.1) is 7.11 Å². The fourth-order valence-electron chi connectivity index (χ4n) is 5.11. The second kappa shape index (κ2) is 12.0. The van der Waals surface area contributed by atoms with E-state index >= 15 is 0 Å². The van der Waals surface area contributed by atoms with Gasteiger partial charge in [-0.15, -0.1) is 0 Å². The number of carbonyl (C=O) groups is 2. The van der Waals surface area contributed by atoms with E-state index in [0.717, 1.165) is 69.3 Å². The smallest absolute Gasteiger partial charge is 0.305 e. The number of rotatable bonds is 8. The van der Waals surface area contributed by atoms with Crippen LogP contribution in [0.25, 0.3) is 5.57 Å². The molecule has 1 aliphatic carbocycles. The predicted octanol–water partition coefficient (Wildman–Crippen LogP) is 5.22. The number of hydrogen-bond acceptors (Lipinski definition) is 4. The third-order valence-electron chi connectivity index (χ3n) is 7.20. The predicted molar refractivity (Wildman–Crippen MR) is 135 cm³/mol. The molecule has 1 fully saturated rings. The van der Waals surface area contributed by atoms with Crippen LogP contribution in [0.1, 0.15) is 66.4 Å². The Kier molecular flexibility index (Phi) is 8.53. The van der Waals surface area contributed by atoms with E-state index in [9.17, 15) is 9.59 Å². The fraction of sp³-hybridized carbons (Fsp3) is 0.448. The molecule has 5 nitrogen and oxygen atoms in total. The number of ether oxygens (including phenoxy) is 1. The van der Waals surface area contributed by atoms with E-state index in [1.54, 1.807) is 0 Å². The summed E-state index contributed by atoms with van der Waals surface area (Å²) in [6, 6.07) is 18.9. The van der Waals surface area contributed by atoms with E-state index in [4.69, 9.17) is 4.74 Å². The van der Waals surface area contributed by atoms with Crippen LogP contribution in [0.2, 0.25) is 0 Å². The van der Waals surface area contributed by atoms with E-state index in [1.165, 1.54) is 18.2 Å². The number of methoxy groups -OCH3 is 1. The van der Waals surface area contributed by atoms with Crippen molar-refractivity contribution in [2.24, 2.45) is 5.92 Å². The number of nitrogens with zero attached hydrogens (tertiary/aromatic N) is 1. The summed E-state index contributed by atoms with van der Waals surface area (Å²) >= 11 is 0. The van der Waals surface area contributed by atoms with Gasteiger partial charge in [0.25, 0.3) is 5.91 Å². The lowest BCUT2D eigenvalue weighted by molar-refractivity contribution is -0.141. The fourth-order valence-corrected chi connectivity index (χ4v) is 5.11. The highest BCUT2D eigenvalue weighted by molar-refractivity contribution is 5.95. The number of amides is 1. The van der Waals surface area contributed by atoms with Gasteiger partial charge in [-0.3, -0.25) is 14.5 Å². The minimum absolute atomic E-state index is 0.0157. The monoisotopic (exact) mass is 460 g/mol. The molecule has 0 saturated heterocycles. The molecule has 1 saturated carbocycles. The number of nitrogens with one attached hydrogen (secondary N) is 1. The highest BCUT2D eigenvalue weighted by atomic mass is 16.5. The Balaban J connectivity index is 1.27. The van der Waals surface area contributed by atoms with Crippen molar-refractivity contribution in [1.82, 2.24) is 10.2 Å². The van der Waals surface area contributed by atoms with Crippen LogP contribution in [0.5, 0.6) is 0 Å². The van der Waals surface area contributed by atoms with Crippen molar-refractivity contribution in [2.75, 3.05) is 20.2 Å². The highest BCUT2D eigenvalue weighted by Gasteiger charge is 2.23. The zero-order valence-electron chi connectivity index (χ0n) is 20.2. The molecule has 1 amide bonds. The van der Waals surface area contributed by atoms with E-state index in [1.807, 2.05) is 18.2 Å². The molecule has 0 unspecified atom stereocenters. The van der Waals surface area contributed by atoms with E-state index in [-0.39, 0.29) is 17.9 Å². The van der Waals surface area contributed by atoms with E-state index < -0.39 is 0 Å². The summed E-state index contributed by atoms with van der Waals surface area (Å²) in [4.78, 5) is 26.8. The lowest BCUT2D eigenvalue weighted by Crippen LogP contribution is -2.37.